The van der Waals surface area contributed by atoms with Crippen LogP contribution in [0.3, 0.4) is 0 Å². The number of thiophene rings is 1. The molecule has 0 bridgehead atoms. The standard InChI is InChI=1S/C16H16ClN3OS/c1-16(5-14(18)20(2)15(21)6-16)13-4-11(9-22-13)10-3-12(17)8-19-7-10/h3-4,7-9,18H,5-6H2,1-2H3/t16-/m0/s1. The van der Waals surface area contributed by atoms with Crippen molar-refractivity contribution in [1.29, 1.82) is 5.41 Å². The van der Waals surface area contributed by atoms with Crippen LogP contribution in [0.4, 0.5) is 0 Å². The summed E-state index contributed by atoms with van der Waals surface area (Å²) in [7, 11) is 1.67. The molecule has 0 aliphatic carbocycles. The molecule has 0 radical (unpaired) electrons. The lowest BCUT2D eigenvalue weighted by Gasteiger charge is -2.36. The zero-order chi connectivity index (χ0) is 15.9. The van der Waals surface area contributed by atoms with Crippen molar-refractivity contribution in [3.8, 4) is 11.1 Å². The molecule has 2 aromatic rings. The van der Waals surface area contributed by atoms with Crippen LogP contribution in [-0.4, -0.2) is 28.7 Å². The van der Waals surface area contributed by atoms with Crippen LogP contribution in [0.5, 0.6) is 0 Å². The number of rotatable bonds is 2. The van der Waals surface area contributed by atoms with E-state index in [0.717, 1.165) is 16.0 Å². The number of aromatic nitrogens is 1. The quantitative estimate of drug-likeness (QED) is 0.904. The third-order valence-corrected chi connectivity index (χ3v) is 5.55. The molecule has 1 N–H and O–H groups in total. The molecule has 1 aliphatic heterocycles. The van der Waals surface area contributed by atoms with E-state index in [9.17, 15) is 4.79 Å². The molecular weight excluding hydrogens is 318 g/mol. The highest BCUT2D eigenvalue weighted by Gasteiger charge is 2.39. The molecule has 4 nitrogen and oxygen atoms in total. The van der Waals surface area contributed by atoms with Gasteiger partial charge in [0.25, 0.3) is 0 Å². The topological polar surface area (TPSA) is 57.1 Å². The van der Waals surface area contributed by atoms with Gasteiger partial charge in [-0.3, -0.25) is 15.2 Å². The number of nitrogens with one attached hydrogen (secondary N) is 1. The summed E-state index contributed by atoms with van der Waals surface area (Å²) in [5, 5.41) is 10.7. The average molecular weight is 334 g/mol. The first-order valence-electron chi connectivity index (χ1n) is 6.93. The number of hydrogen-bond acceptors (Lipinski definition) is 4. The van der Waals surface area contributed by atoms with Gasteiger partial charge in [0.1, 0.15) is 5.84 Å². The van der Waals surface area contributed by atoms with Crippen molar-refractivity contribution in [3.05, 3.63) is 39.8 Å². The second kappa shape index (κ2) is 5.48. The van der Waals surface area contributed by atoms with E-state index >= 15 is 0 Å². The van der Waals surface area contributed by atoms with Crippen LogP contribution in [0.1, 0.15) is 24.6 Å². The molecule has 0 aromatic carbocycles. The zero-order valence-corrected chi connectivity index (χ0v) is 14.0. The van der Waals surface area contributed by atoms with E-state index in [1.165, 1.54) is 4.90 Å². The number of carbonyl (C=O) groups is 1. The lowest BCUT2D eigenvalue weighted by molar-refractivity contribution is -0.128. The molecule has 6 heteroatoms. The first kappa shape index (κ1) is 15.2. The highest BCUT2D eigenvalue weighted by atomic mass is 35.5. The Bertz CT molecular complexity index is 737. The number of piperidine rings is 1. The van der Waals surface area contributed by atoms with Crippen molar-refractivity contribution in [3.63, 3.8) is 0 Å². The third kappa shape index (κ3) is 2.66. The van der Waals surface area contributed by atoms with Gasteiger partial charge in [-0.1, -0.05) is 18.5 Å². The molecule has 0 spiro atoms. The Labute approximate surface area is 138 Å². The number of likely N-dealkylation sites (tertiary alicyclic amines) is 1. The predicted molar refractivity (Wildman–Crippen MR) is 89.6 cm³/mol. The number of pyridine rings is 1. The largest absolute Gasteiger partial charge is 0.304 e. The van der Waals surface area contributed by atoms with E-state index in [1.54, 1.807) is 30.8 Å². The van der Waals surface area contributed by atoms with Gasteiger partial charge in [-0.2, -0.15) is 0 Å². The van der Waals surface area contributed by atoms with Gasteiger partial charge in [0.05, 0.1) is 5.02 Å². The summed E-state index contributed by atoms with van der Waals surface area (Å²) in [6.45, 7) is 2.05. The van der Waals surface area contributed by atoms with E-state index < -0.39 is 0 Å². The summed E-state index contributed by atoms with van der Waals surface area (Å²) in [6, 6.07) is 3.97. The summed E-state index contributed by atoms with van der Waals surface area (Å²) in [6.07, 6.45) is 4.39. The summed E-state index contributed by atoms with van der Waals surface area (Å²) in [4.78, 5) is 18.7. The molecule has 1 saturated heterocycles. The number of hydrogen-bond donors (Lipinski definition) is 1. The van der Waals surface area contributed by atoms with Crippen LogP contribution in [-0.2, 0) is 10.2 Å². The van der Waals surface area contributed by atoms with Crippen LogP contribution < -0.4 is 0 Å². The fraction of sp³-hybridized carbons (Fsp3) is 0.312. The molecule has 1 atom stereocenters. The normalized spacial score (nSPS) is 22.2. The Kier molecular flexibility index (Phi) is 3.78. The molecule has 22 heavy (non-hydrogen) atoms. The van der Waals surface area contributed by atoms with Crippen LogP contribution in [0.25, 0.3) is 11.1 Å². The zero-order valence-electron chi connectivity index (χ0n) is 12.4. The van der Waals surface area contributed by atoms with Crippen molar-refractivity contribution < 1.29 is 4.79 Å². The minimum Gasteiger partial charge on any atom is -0.304 e. The summed E-state index contributed by atoms with van der Waals surface area (Å²) in [5.74, 6) is 0.372. The van der Waals surface area contributed by atoms with Crippen molar-refractivity contribution >= 4 is 34.7 Å². The molecule has 114 valence electrons. The fourth-order valence-corrected chi connectivity index (χ4v) is 3.96. The first-order valence-corrected chi connectivity index (χ1v) is 8.19. The van der Waals surface area contributed by atoms with Gasteiger partial charge in [0.2, 0.25) is 5.91 Å². The van der Waals surface area contributed by atoms with Gasteiger partial charge in [0, 0.05) is 48.1 Å². The van der Waals surface area contributed by atoms with Crippen LogP contribution in [0.2, 0.25) is 5.02 Å². The maximum Gasteiger partial charge on any atom is 0.228 e. The lowest BCUT2D eigenvalue weighted by Crippen LogP contribution is -2.46. The summed E-state index contributed by atoms with van der Waals surface area (Å²) < 4.78 is 0. The predicted octanol–water partition coefficient (Wildman–Crippen LogP) is 3.95. The summed E-state index contributed by atoms with van der Waals surface area (Å²) >= 11 is 7.62. The highest BCUT2D eigenvalue weighted by molar-refractivity contribution is 7.10. The maximum atomic E-state index is 12.1. The molecule has 0 unspecified atom stereocenters. The first-order chi connectivity index (χ1) is 10.4. The number of carbonyl (C=O) groups excluding carboxylic acids is 1. The number of nitrogens with zero attached hydrogens (tertiary/aromatic N) is 2. The second-order valence-corrected chi connectivity index (χ2v) is 7.25. The van der Waals surface area contributed by atoms with E-state index in [-0.39, 0.29) is 11.3 Å². The minimum atomic E-state index is -0.310. The molecule has 1 amide bonds. The molecule has 2 aromatic heterocycles. The highest BCUT2D eigenvalue weighted by Crippen LogP contribution is 2.41. The molecule has 0 saturated carbocycles. The SMILES string of the molecule is CN1C(=N)C[C@](C)(c2cc(-c3cncc(Cl)c3)cs2)CC1=O. The molecule has 3 rings (SSSR count). The van der Waals surface area contributed by atoms with Gasteiger partial charge < -0.3 is 4.90 Å². The minimum absolute atomic E-state index is 0.00174. The Morgan fingerprint density at radius 2 is 2.09 bits per heavy atom. The Balaban J connectivity index is 1.93. The van der Waals surface area contributed by atoms with Crippen LogP contribution in [0.15, 0.2) is 29.9 Å². The Hall–Kier alpha value is -1.72. The molecule has 3 heterocycles. The van der Waals surface area contributed by atoms with Crippen molar-refractivity contribution in [2.75, 3.05) is 7.05 Å². The smallest absolute Gasteiger partial charge is 0.228 e. The third-order valence-electron chi connectivity index (χ3n) is 4.11. The van der Waals surface area contributed by atoms with Crippen LogP contribution in [0, 0.1) is 5.41 Å². The number of amides is 1. The second-order valence-electron chi connectivity index (χ2n) is 5.91. The number of amidine groups is 1. The van der Waals surface area contributed by atoms with E-state index in [2.05, 4.69) is 23.4 Å². The molecule has 1 fully saturated rings. The lowest BCUT2D eigenvalue weighted by atomic mass is 9.78. The Morgan fingerprint density at radius 3 is 2.77 bits per heavy atom. The Morgan fingerprint density at radius 1 is 1.32 bits per heavy atom. The number of halogens is 1. The van der Waals surface area contributed by atoms with Crippen molar-refractivity contribution in [2.24, 2.45) is 0 Å². The van der Waals surface area contributed by atoms with Gasteiger partial charge in [-0.25, -0.2) is 0 Å². The van der Waals surface area contributed by atoms with E-state index in [1.807, 2.05) is 6.07 Å². The monoisotopic (exact) mass is 333 g/mol. The maximum absolute atomic E-state index is 12.1. The van der Waals surface area contributed by atoms with E-state index in [4.69, 9.17) is 17.0 Å². The van der Waals surface area contributed by atoms with Crippen molar-refractivity contribution in [2.45, 2.75) is 25.2 Å². The van der Waals surface area contributed by atoms with Gasteiger partial charge >= 0.3 is 0 Å². The van der Waals surface area contributed by atoms with Gasteiger partial charge in [-0.05, 0) is 23.1 Å². The van der Waals surface area contributed by atoms with Gasteiger partial charge in [-0.15, -0.1) is 11.3 Å². The van der Waals surface area contributed by atoms with Crippen molar-refractivity contribution in [1.82, 2.24) is 9.88 Å². The summed E-state index contributed by atoms with van der Waals surface area (Å²) in [5.41, 5.74) is 1.71. The molecular formula is C16H16ClN3OS. The van der Waals surface area contributed by atoms with Crippen LogP contribution >= 0.6 is 22.9 Å². The molecule has 1 aliphatic rings. The fourth-order valence-electron chi connectivity index (χ4n) is 2.70. The van der Waals surface area contributed by atoms with E-state index in [0.29, 0.717) is 23.7 Å². The van der Waals surface area contributed by atoms with Gasteiger partial charge in [0.15, 0.2) is 0 Å². The average Bonchev–Trinajstić information content (AvgIpc) is 2.95.